The third kappa shape index (κ3) is 3.58. The highest BCUT2D eigenvalue weighted by molar-refractivity contribution is 5.88. The van der Waals surface area contributed by atoms with Gasteiger partial charge in [0.25, 0.3) is 6.43 Å². The van der Waals surface area contributed by atoms with E-state index in [-0.39, 0.29) is 13.2 Å². The van der Waals surface area contributed by atoms with Crippen molar-refractivity contribution in [3.05, 3.63) is 30.1 Å². The van der Waals surface area contributed by atoms with Gasteiger partial charge in [-0.15, -0.1) is 0 Å². The van der Waals surface area contributed by atoms with Crippen LogP contribution in [0.1, 0.15) is 12.2 Å². The topological polar surface area (TPSA) is 67.3 Å². The summed E-state index contributed by atoms with van der Waals surface area (Å²) in [7, 11) is 0. The highest BCUT2D eigenvalue weighted by Gasteiger charge is 2.14. The van der Waals surface area contributed by atoms with Gasteiger partial charge in [-0.2, -0.15) is 0 Å². The maximum Gasteiger partial charge on any atom is 0.297 e. The highest BCUT2D eigenvalue weighted by atomic mass is 19.3. The lowest BCUT2D eigenvalue weighted by Gasteiger charge is -2.10. The number of aromatic nitrogens is 2. The maximum absolute atomic E-state index is 12.8. The number of nitrogens with zero attached hydrogens (tertiary/aromatic N) is 2. The molecule has 0 aliphatic heterocycles. The van der Waals surface area contributed by atoms with Gasteiger partial charge in [-0.25, -0.2) is 18.7 Å². The van der Waals surface area contributed by atoms with Crippen LogP contribution in [0.2, 0.25) is 0 Å². The van der Waals surface area contributed by atoms with E-state index in [1.165, 1.54) is 0 Å². The van der Waals surface area contributed by atoms with E-state index in [1.807, 2.05) is 0 Å². The van der Waals surface area contributed by atoms with Crippen LogP contribution in [0, 0.1) is 0 Å². The van der Waals surface area contributed by atoms with Gasteiger partial charge in [-0.05, 0) is 12.1 Å². The van der Waals surface area contributed by atoms with E-state index in [0.717, 1.165) is 0 Å². The zero-order valence-corrected chi connectivity index (χ0v) is 10.7. The molecule has 0 radical (unpaired) electrons. The van der Waals surface area contributed by atoms with Crippen molar-refractivity contribution in [3.8, 4) is 0 Å². The van der Waals surface area contributed by atoms with Crippen molar-refractivity contribution in [3.63, 3.8) is 0 Å². The first kappa shape index (κ1) is 14.5. The Morgan fingerprint density at radius 1 is 1.20 bits per heavy atom. The molecule has 0 spiro atoms. The van der Waals surface area contributed by atoms with Crippen molar-refractivity contribution >= 4 is 16.7 Å². The van der Waals surface area contributed by atoms with Crippen molar-refractivity contribution in [1.82, 2.24) is 9.97 Å². The van der Waals surface area contributed by atoms with Gasteiger partial charge in [-0.1, -0.05) is 12.1 Å². The predicted octanol–water partition coefficient (Wildman–Crippen LogP) is 1.99. The molecule has 2 aromatic rings. The Balaban J connectivity index is 2.17. The second-order valence-electron chi connectivity index (χ2n) is 4.01. The number of aliphatic hydroxyl groups is 1. The summed E-state index contributed by atoms with van der Waals surface area (Å²) < 4.78 is 30.6. The van der Waals surface area contributed by atoms with E-state index >= 15 is 0 Å². The summed E-state index contributed by atoms with van der Waals surface area (Å²) in [5, 5.41) is 12.2. The molecule has 1 aromatic carbocycles. The fraction of sp³-hybridized carbons (Fsp3) is 0.385. The third-order valence-electron chi connectivity index (χ3n) is 2.59. The van der Waals surface area contributed by atoms with Crippen LogP contribution in [-0.2, 0) is 4.74 Å². The van der Waals surface area contributed by atoms with Gasteiger partial charge in [0.2, 0.25) is 0 Å². The molecule has 0 aliphatic rings. The van der Waals surface area contributed by atoms with E-state index in [4.69, 9.17) is 9.84 Å². The Hall–Kier alpha value is -1.86. The average molecular weight is 283 g/mol. The monoisotopic (exact) mass is 283 g/mol. The Bertz CT molecular complexity index is 566. The molecule has 108 valence electrons. The minimum Gasteiger partial charge on any atom is -0.394 e. The molecule has 0 saturated heterocycles. The number of rotatable bonds is 7. The lowest BCUT2D eigenvalue weighted by atomic mass is 10.2. The number of aliphatic hydroxyl groups excluding tert-OH is 1. The third-order valence-corrected chi connectivity index (χ3v) is 2.59. The van der Waals surface area contributed by atoms with Gasteiger partial charge < -0.3 is 15.2 Å². The predicted molar refractivity (Wildman–Crippen MR) is 70.9 cm³/mol. The molecule has 1 heterocycles. The van der Waals surface area contributed by atoms with Gasteiger partial charge in [0, 0.05) is 11.9 Å². The number of benzene rings is 1. The van der Waals surface area contributed by atoms with Crippen LogP contribution >= 0.6 is 0 Å². The molecule has 0 saturated carbocycles. The van der Waals surface area contributed by atoms with Crippen molar-refractivity contribution in [2.24, 2.45) is 0 Å². The van der Waals surface area contributed by atoms with E-state index in [0.29, 0.717) is 29.9 Å². The lowest BCUT2D eigenvalue weighted by Crippen LogP contribution is -2.13. The van der Waals surface area contributed by atoms with Crippen LogP contribution in [0.15, 0.2) is 24.3 Å². The minimum atomic E-state index is -2.72. The van der Waals surface area contributed by atoms with E-state index < -0.39 is 12.2 Å². The molecule has 0 bridgehead atoms. The Kier molecular flexibility index (Phi) is 5.14. The summed E-state index contributed by atoms with van der Waals surface area (Å²) >= 11 is 0. The fourth-order valence-corrected chi connectivity index (χ4v) is 1.74. The van der Waals surface area contributed by atoms with Crippen molar-refractivity contribution in [2.45, 2.75) is 6.43 Å². The van der Waals surface area contributed by atoms with Crippen molar-refractivity contribution < 1.29 is 18.6 Å². The van der Waals surface area contributed by atoms with Crippen molar-refractivity contribution in [2.75, 3.05) is 31.7 Å². The summed E-state index contributed by atoms with van der Waals surface area (Å²) in [6.45, 7) is 0.951. The molecule has 2 rings (SSSR count). The van der Waals surface area contributed by atoms with Gasteiger partial charge >= 0.3 is 0 Å². The van der Waals surface area contributed by atoms with Gasteiger partial charge in [0.05, 0.1) is 25.3 Å². The SMILES string of the molecule is OCCOCCNc1nc(C(F)F)nc2ccccc12. The summed E-state index contributed by atoms with van der Waals surface area (Å²) in [6, 6.07) is 6.96. The maximum atomic E-state index is 12.8. The first-order valence-electron chi connectivity index (χ1n) is 6.19. The zero-order valence-electron chi connectivity index (χ0n) is 10.7. The quantitative estimate of drug-likeness (QED) is 0.761. The standard InChI is InChI=1S/C13H15F2N3O2/c14-11(15)13-17-10-4-2-1-3-9(10)12(18-13)16-5-7-20-8-6-19/h1-4,11,19H,5-8H2,(H,16,17,18). The molecule has 0 fully saturated rings. The number of nitrogens with one attached hydrogen (secondary N) is 1. The number of alkyl halides is 2. The van der Waals surface area contributed by atoms with Crippen LogP contribution < -0.4 is 5.32 Å². The second-order valence-corrected chi connectivity index (χ2v) is 4.01. The summed E-state index contributed by atoms with van der Waals surface area (Å²) in [5.41, 5.74) is 0.469. The minimum absolute atomic E-state index is 0.0496. The normalized spacial score (nSPS) is 11.2. The fourth-order valence-electron chi connectivity index (χ4n) is 1.74. The Morgan fingerprint density at radius 3 is 2.75 bits per heavy atom. The molecule has 5 nitrogen and oxygen atoms in total. The number of ether oxygens (including phenoxy) is 1. The molecular weight excluding hydrogens is 268 g/mol. The molecule has 0 unspecified atom stereocenters. The van der Waals surface area contributed by atoms with E-state index in [9.17, 15) is 8.78 Å². The average Bonchev–Trinajstić information content (AvgIpc) is 2.46. The largest absolute Gasteiger partial charge is 0.394 e. The van der Waals surface area contributed by atoms with E-state index in [1.54, 1.807) is 24.3 Å². The molecule has 1 aromatic heterocycles. The number of halogens is 2. The lowest BCUT2D eigenvalue weighted by molar-refractivity contribution is 0.0991. The van der Waals surface area contributed by atoms with Crippen LogP contribution in [0.3, 0.4) is 0 Å². The molecular formula is C13H15F2N3O2. The van der Waals surface area contributed by atoms with Crippen LogP contribution in [-0.4, -0.2) is 41.4 Å². The zero-order chi connectivity index (χ0) is 14.4. The number of anilines is 1. The second kappa shape index (κ2) is 7.06. The summed E-state index contributed by atoms with van der Waals surface area (Å²) in [4.78, 5) is 7.67. The van der Waals surface area contributed by atoms with E-state index in [2.05, 4.69) is 15.3 Å². The number of para-hydroxylation sites is 1. The van der Waals surface area contributed by atoms with Gasteiger partial charge in [0.1, 0.15) is 5.82 Å². The molecule has 7 heteroatoms. The van der Waals surface area contributed by atoms with Crippen LogP contribution in [0.25, 0.3) is 10.9 Å². The first-order chi connectivity index (χ1) is 9.72. The Labute approximate surface area is 114 Å². The van der Waals surface area contributed by atoms with Gasteiger partial charge in [-0.3, -0.25) is 0 Å². The molecule has 0 atom stereocenters. The molecule has 2 N–H and O–H groups in total. The van der Waals surface area contributed by atoms with Crippen LogP contribution in [0.5, 0.6) is 0 Å². The summed E-state index contributed by atoms with van der Waals surface area (Å²) in [6.07, 6.45) is -2.72. The molecule has 0 amide bonds. The highest BCUT2D eigenvalue weighted by Crippen LogP contribution is 2.24. The number of hydrogen-bond donors (Lipinski definition) is 2. The first-order valence-corrected chi connectivity index (χ1v) is 6.19. The number of hydrogen-bond acceptors (Lipinski definition) is 5. The number of fused-ring (bicyclic) bond motifs is 1. The molecule has 0 aliphatic carbocycles. The van der Waals surface area contributed by atoms with Crippen molar-refractivity contribution in [1.29, 1.82) is 0 Å². The summed E-state index contributed by atoms with van der Waals surface area (Å²) in [5.74, 6) is -0.138. The smallest absolute Gasteiger partial charge is 0.297 e. The Morgan fingerprint density at radius 2 is 2.00 bits per heavy atom. The van der Waals surface area contributed by atoms with Gasteiger partial charge in [0.15, 0.2) is 5.82 Å². The molecule has 20 heavy (non-hydrogen) atoms. The van der Waals surface area contributed by atoms with Crippen LogP contribution in [0.4, 0.5) is 14.6 Å².